The molecule has 0 unspecified atom stereocenters. The molecule has 12 heavy (non-hydrogen) atoms. The van der Waals surface area contributed by atoms with Gasteiger partial charge < -0.3 is 9.84 Å². The number of hydrogen-bond acceptors (Lipinski definition) is 3. The van der Waals surface area contributed by atoms with Crippen molar-refractivity contribution in [3.63, 3.8) is 0 Å². The molecule has 0 radical (unpaired) electrons. The molecule has 0 aromatic carbocycles. The van der Waals surface area contributed by atoms with Crippen molar-refractivity contribution >= 4 is 17.3 Å². The lowest BCUT2D eigenvalue weighted by atomic mass is 10.4. The highest BCUT2D eigenvalue weighted by Gasteiger charge is 2.23. The Morgan fingerprint density at radius 1 is 1.58 bits per heavy atom. The molecule has 0 fully saturated rings. The van der Waals surface area contributed by atoms with Crippen LogP contribution in [0.25, 0.3) is 0 Å². The molecule has 0 bridgehead atoms. The summed E-state index contributed by atoms with van der Waals surface area (Å²) in [5.41, 5.74) is 0. The van der Waals surface area contributed by atoms with E-state index >= 15 is 0 Å². The van der Waals surface area contributed by atoms with Crippen LogP contribution in [-0.2, 0) is 0 Å². The van der Waals surface area contributed by atoms with Crippen LogP contribution in [0.15, 0.2) is 0 Å². The first-order chi connectivity index (χ1) is 5.57. The van der Waals surface area contributed by atoms with Gasteiger partial charge in [-0.1, -0.05) is 11.3 Å². The molecule has 3 nitrogen and oxygen atoms in total. The second-order valence-electron chi connectivity index (χ2n) is 1.86. The van der Waals surface area contributed by atoms with Crippen molar-refractivity contribution in [2.75, 3.05) is 7.11 Å². The van der Waals surface area contributed by atoms with Crippen molar-refractivity contribution in [1.29, 1.82) is 0 Å². The highest BCUT2D eigenvalue weighted by molar-refractivity contribution is 7.12. The third-order valence-corrected chi connectivity index (χ3v) is 2.09. The maximum atomic E-state index is 12.6. The summed E-state index contributed by atoms with van der Waals surface area (Å²) in [4.78, 5) is 9.88. The summed E-state index contributed by atoms with van der Waals surface area (Å²) in [6, 6.07) is 0. The highest BCUT2D eigenvalue weighted by Crippen LogP contribution is 2.32. The third kappa shape index (κ3) is 1.25. The number of thiophene rings is 1. The smallest absolute Gasteiger partial charge is 0.349 e. The van der Waals surface area contributed by atoms with Crippen molar-refractivity contribution in [2.24, 2.45) is 0 Å². The van der Waals surface area contributed by atoms with E-state index in [0.29, 0.717) is 0 Å². The van der Waals surface area contributed by atoms with Gasteiger partial charge in [-0.25, -0.2) is 4.79 Å². The maximum Gasteiger partial charge on any atom is 0.349 e. The Kier molecular flexibility index (Phi) is 2.27. The molecule has 0 aliphatic rings. The second-order valence-corrected chi connectivity index (χ2v) is 2.83. The normalized spacial score (nSPS) is 9.92. The van der Waals surface area contributed by atoms with Crippen LogP contribution < -0.4 is 4.74 Å². The van der Waals surface area contributed by atoms with Crippen LogP contribution in [0, 0.1) is 10.9 Å². The molecule has 0 amide bonds. The van der Waals surface area contributed by atoms with Crippen molar-refractivity contribution < 1.29 is 23.4 Å². The van der Waals surface area contributed by atoms with E-state index in [1.807, 2.05) is 0 Å². The van der Waals surface area contributed by atoms with Crippen LogP contribution in [0.3, 0.4) is 0 Å². The summed E-state index contributed by atoms with van der Waals surface area (Å²) in [6.07, 6.45) is 0. The molecule has 0 aliphatic heterocycles. The minimum atomic E-state index is -1.40. The molecule has 1 N–H and O–H groups in total. The average molecular weight is 194 g/mol. The van der Waals surface area contributed by atoms with Gasteiger partial charge in [0.2, 0.25) is 10.9 Å². The number of aromatic carboxylic acids is 1. The Bertz CT molecular complexity index is 321. The lowest BCUT2D eigenvalue weighted by Crippen LogP contribution is -1.96. The van der Waals surface area contributed by atoms with Gasteiger partial charge in [-0.15, -0.1) is 0 Å². The lowest BCUT2D eigenvalue weighted by Gasteiger charge is -1.95. The fraction of sp³-hybridized carbons (Fsp3) is 0.167. The molecule has 1 aromatic rings. The van der Waals surface area contributed by atoms with Gasteiger partial charge >= 0.3 is 5.97 Å². The predicted molar refractivity (Wildman–Crippen MR) is 37.7 cm³/mol. The number of carboxylic acid groups (broad SMARTS) is 1. The molecule has 0 saturated heterocycles. The van der Waals surface area contributed by atoms with Gasteiger partial charge in [0, 0.05) is 0 Å². The van der Waals surface area contributed by atoms with Crippen molar-refractivity contribution in [3.8, 4) is 5.75 Å². The minimum Gasteiger partial charge on any atom is -0.492 e. The number of carboxylic acids is 1. The van der Waals surface area contributed by atoms with Crippen molar-refractivity contribution in [3.05, 3.63) is 15.8 Å². The molecule has 0 atom stereocenters. The molecule has 0 spiro atoms. The predicted octanol–water partition coefficient (Wildman–Crippen LogP) is 1.73. The molecule has 1 rings (SSSR count). The van der Waals surface area contributed by atoms with E-state index in [9.17, 15) is 13.6 Å². The van der Waals surface area contributed by atoms with Gasteiger partial charge in [0.05, 0.1) is 7.11 Å². The maximum absolute atomic E-state index is 12.6. The Balaban J connectivity index is 3.29. The van der Waals surface area contributed by atoms with E-state index in [1.54, 1.807) is 0 Å². The molecule has 0 aliphatic carbocycles. The zero-order chi connectivity index (χ0) is 9.30. The molecule has 1 aromatic heterocycles. The molecular formula is C6H4F2O3S. The summed E-state index contributed by atoms with van der Waals surface area (Å²) in [6.45, 7) is 0. The number of methoxy groups -OCH3 is 1. The van der Waals surface area contributed by atoms with Crippen LogP contribution in [-0.4, -0.2) is 18.2 Å². The van der Waals surface area contributed by atoms with Gasteiger partial charge in [-0.05, 0) is 0 Å². The SMILES string of the molecule is COc1c(C(=O)O)sc(F)c1F. The number of hydrogen-bond donors (Lipinski definition) is 1. The first-order valence-electron chi connectivity index (χ1n) is 2.83. The molecular weight excluding hydrogens is 190 g/mol. The number of ether oxygens (including phenoxy) is 1. The van der Waals surface area contributed by atoms with E-state index in [0.717, 1.165) is 7.11 Å². The Morgan fingerprint density at radius 2 is 2.17 bits per heavy atom. The lowest BCUT2D eigenvalue weighted by molar-refractivity contribution is 0.0698. The molecule has 66 valence electrons. The molecule has 1 heterocycles. The Morgan fingerprint density at radius 3 is 2.50 bits per heavy atom. The van der Waals surface area contributed by atoms with Crippen molar-refractivity contribution in [1.82, 2.24) is 0 Å². The fourth-order valence-corrected chi connectivity index (χ4v) is 1.41. The highest BCUT2D eigenvalue weighted by atomic mass is 32.1. The summed E-state index contributed by atoms with van der Waals surface area (Å²) >= 11 is 0.207. The summed E-state index contributed by atoms with van der Waals surface area (Å²) in [7, 11) is 1.08. The number of rotatable bonds is 2. The van der Waals surface area contributed by atoms with Gasteiger partial charge in [-0.2, -0.15) is 8.78 Å². The average Bonchev–Trinajstić information content (AvgIpc) is 2.29. The zero-order valence-corrected chi connectivity index (χ0v) is 6.74. The van der Waals surface area contributed by atoms with Crippen LogP contribution in [0.2, 0.25) is 0 Å². The van der Waals surface area contributed by atoms with Gasteiger partial charge in [0.25, 0.3) is 0 Å². The Hall–Kier alpha value is -1.17. The van der Waals surface area contributed by atoms with Crippen LogP contribution in [0.4, 0.5) is 8.78 Å². The van der Waals surface area contributed by atoms with Crippen molar-refractivity contribution in [2.45, 2.75) is 0 Å². The zero-order valence-electron chi connectivity index (χ0n) is 5.93. The quantitative estimate of drug-likeness (QED) is 0.779. The third-order valence-electron chi connectivity index (χ3n) is 1.17. The van der Waals surface area contributed by atoms with Crippen LogP contribution in [0.5, 0.6) is 5.75 Å². The van der Waals surface area contributed by atoms with Crippen LogP contribution >= 0.6 is 11.3 Å². The summed E-state index contributed by atoms with van der Waals surface area (Å²) < 4.78 is 29.4. The molecule has 6 heteroatoms. The summed E-state index contributed by atoms with van der Waals surface area (Å²) in [5.74, 6) is -3.20. The fourth-order valence-electron chi connectivity index (χ4n) is 0.693. The van der Waals surface area contributed by atoms with E-state index in [1.165, 1.54) is 0 Å². The molecule has 0 saturated carbocycles. The standard InChI is InChI=1S/C6H4F2O3S/c1-11-3-2(7)5(8)12-4(3)6(9)10/h1H3,(H,9,10). The number of halogens is 2. The van der Waals surface area contributed by atoms with Gasteiger partial charge in [0.15, 0.2) is 10.6 Å². The Labute approximate surface area is 70.2 Å². The first kappa shape index (κ1) is 8.92. The van der Waals surface area contributed by atoms with E-state index in [4.69, 9.17) is 5.11 Å². The minimum absolute atomic E-state index is 0.207. The van der Waals surface area contributed by atoms with Gasteiger partial charge in [-0.3, -0.25) is 0 Å². The largest absolute Gasteiger partial charge is 0.492 e. The van der Waals surface area contributed by atoms with Crippen LogP contribution in [0.1, 0.15) is 9.67 Å². The first-order valence-corrected chi connectivity index (χ1v) is 3.64. The van der Waals surface area contributed by atoms with E-state index in [-0.39, 0.29) is 11.3 Å². The van der Waals surface area contributed by atoms with Gasteiger partial charge in [0.1, 0.15) is 0 Å². The monoisotopic (exact) mass is 194 g/mol. The van der Waals surface area contributed by atoms with E-state index < -0.39 is 27.5 Å². The second kappa shape index (κ2) is 3.06. The topological polar surface area (TPSA) is 46.5 Å². The van der Waals surface area contributed by atoms with E-state index in [2.05, 4.69) is 4.74 Å². The summed E-state index contributed by atoms with van der Waals surface area (Å²) in [5, 5.41) is 7.26. The number of carbonyl (C=O) groups is 1.